The van der Waals surface area contributed by atoms with Crippen LogP contribution in [0.15, 0.2) is 64.3 Å². The van der Waals surface area contributed by atoms with E-state index < -0.39 is 5.56 Å². The van der Waals surface area contributed by atoms with Gasteiger partial charge in [0, 0.05) is 6.20 Å². The molecule has 0 atom stereocenters. The molecule has 4 aromatic rings. The summed E-state index contributed by atoms with van der Waals surface area (Å²) >= 11 is 0. The zero-order valence-corrected chi connectivity index (χ0v) is 14.4. The highest BCUT2D eigenvalue weighted by atomic mass is 16.5. The van der Waals surface area contributed by atoms with Gasteiger partial charge in [-0.3, -0.25) is 18.6 Å². The standard InChI is InChI=1S/C20H14N4O3/c1-2-27-15-8-6-14(7-9-15)24-18-16(11-13(12-21)19(24)25)20(26)23-10-4-3-5-17(23)22-18/h3-11H,2H2,1H3. The summed E-state index contributed by atoms with van der Waals surface area (Å²) < 4.78 is 8.10. The second-order valence-electron chi connectivity index (χ2n) is 5.82. The molecule has 132 valence electrons. The van der Waals surface area contributed by atoms with Crippen LogP contribution < -0.4 is 15.9 Å². The number of nitrogens with zero attached hydrogens (tertiary/aromatic N) is 4. The number of rotatable bonds is 3. The van der Waals surface area contributed by atoms with Crippen LogP contribution in [0.3, 0.4) is 0 Å². The fourth-order valence-electron chi connectivity index (χ4n) is 2.99. The molecule has 0 bridgehead atoms. The second-order valence-corrected chi connectivity index (χ2v) is 5.82. The number of hydrogen-bond donors (Lipinski definition) is 0. The van der Waals surface area contributed by atoms with Crippen molar-refractivity contribution in [2.45, 2.75) is 6.92 Å². The van der Waals surface area contributed by atoms with Crippen molar-refractivity contribution < 1.29 is 4.74 Å². The zero-order valence-electron chi connectivity index (χ0n) is 14.4. The number of pyridine rings is 2. The molecule has 0 N–H and O–H groups in total. The van der Waals surface area contributed by atoms with E-state index in [-0.39, 0.29) is 22.2 Å². The number of nitriles is 1. The Morgan fingerprint density at radius 2 is 1.89 bits per heavy atom. The Bertz CT molecular complexity index is 1330. The van der Waals surface area contributed by atoms with E-state index in [1.807, 2.05) is 13.0 Å². The number of hydrogen-bond acceptors (Lipinski definition) is 5. The van der Waals surface area contributed by atoms with Gasteiger partial charge in [-0.05, 0) is 49.4 Å². The van der Waals surface area contributed by atoms with Crippen LogP contribution in [0.1, 0.15) is 12.5 Å². The molecular weight excluding hydrogens is 344 g/mol. The van der Waals surface area contributed by atoms with Gasteiger partial charge in [-0.2, -0.15) is 5.26 Å². The van der Waals surface area contributed by atoms with Crippen LogP contribution >= 0.6 is 0 Å². The van der Waals surface area contributed by atoms with E-state index in [2.05, 4.69) is 4.98 Å². The highest BCUT2D eigenvalue weighted by Gasteiger charge is 2.16. The Kier molecular flexibility index (Phi) is 3.94. The first-order valence-corrected chi connectivity index (χ1v) is 8.34. The maximum Gasteiger partial charge on any atom is 0.274 e. The molecule has 3 heterocycles. The van der Waals surface area contributed by atoms with Gasteiger partial charge in [-0.25, -0.2) is 4.98 Å². The highest BCUT2D eigenvalue weighted by Crippen LogP contribution is 2.18. The van der Waals surface area contributed by atoms with E-state index >= 15 is 0 Å². The van der Waals surface area contributed by atoms with Crippen molar-refractivity contribution in [3.05, 3.63) is 81.0 Å². The van der Waals surface area contributed by atoms with Crippen LogP contribution in [0.5, 0.6) is 5.75 Å². The minimum Gasteiger partial charge on any atom is -0.494 e. The average molecular weight is 358 g/mol. The van der Waals surface area contributed by atoms with Gasteiger partial charge in [0.1, 0.15) is 23.0 Å². The Morgan fingerprint density at radius 1 is 1.11 bits per heavy atom. The monoisotopic (exact) mass is 358 g/mol. The van der Waals surface area contributed by atoms with Crippen molar-refractivity contribution in [2.75, 3.05) is 6.61 Å². The summed E-state index contributed by atoms with van der Waals surface area (Å²) in [5.74, 6) is 0.661. The minimum absolute atomic E-state index is 0.119. The summed E-state index contributed by atoms with van der Waals surface area (Å²) in [6.07, 6.45) is 1.60. The molecule has 7 heteroatoms. The molecule has 0 unspecified atom stereocenters. The summed E-state index contributed by atoms with van der Waals surface area (Å²) in [6.45, 7) is 2.40. The largest absolute Gasteiger partial charge is 0.494 e. The molecule has 1 aromatic carbocycles. The van der Waals surface area contributed by atoms with Gasteiger partial charge in [0.25, 0.3) is 11.1 Å². The molecule has 27 heavy (non-hydrogen) atoms. The van der Waals surface area contributed by atoms with E-state index in [4.69, 9.17) is 4.74 Å². The first-order valence-electron chi connectivity index (χ1n) is 8.34. The van der Waals surface area contributed by atoms with E-state index in [1.54, 1.807) is 48.7 Å². The van der Waals surface area contributed by atoms with E-state index in [9.17, 15) is 14.9 Å². The van der Waals surface area contributed by atoms with Crippen LogP contribution in [0.4, 0.5) is 0 Å². The normalized spacial score (nSPS) is 10.8. The van der Waals surface area contributed by atoms with Crippen molar-refractivity contribution >= 4 is 16.7 Å². The second kappa shape index (κ2) is 6.42. The quantitative estimate of drug-likeness (QED) is 0.524. The predicted molar refractivity (Wildman–Crippen MR) is 100 cm³/mol. The topological polar surface area (TPSA) is 89.4 Å². The smallest absolute Gasteiger partial charge is 0.274 e. The first-order chi connectivity index (χ1) is 13.1. The minimum atomic E-state index is -0.527. The van der Waals surface area contributed by atoms with Crippen LogP contribution in [0, 0.1) is 11.3 Å². The van der Waals surface area contributed by atoms with Gasteiger partial charge in [-0.15, -0.1) is 0 Å². The van der Waals surface area contributed by atoms with E-state index in [1.165, 1.54) is 15.0 Å². The van der Waals surface area contributed by atoms with Crippen LogP contribution in [0.2, 0.25) is 0 Å². The molecule has 0 saturated heterocycles. The third-order valence-corrected chi connectivity index (χ3v) is 4.21. The van der Waals surface area contributed by atoms with Crippen molar-refractivity contribution in [1.82, 2.24) is 14.0 Å². The first kappa shape index (κ1) is 16.5. The molecule has 0 spiro atoms. The molecule has 0 aliphatic heterocycles. The molecule has 3 aromatic heterocycles. The number of aromatic nitrogens is 3. The lowest BCUT2D eigenvalue weighted by molar-refractivity contribution is 0.340. The summed E-state index contributed by atoms with van der Waals surface area (Å²) in [6, 6.07) is 15.2. The molecule has 0 amide bonds. The summed E-state index contributed by atoms with van der Waals surface area (Å²) in [7, 11) is 0. The molecule has 0 aliphatic carbocycles. The van der Waals surface area contributed by atoms with E-state index in [0.717, 1.165) is 0 Å². The zero-order chi connectivity index (χ0) is 19.0. The Labute approximate surface area is 153 Å². The summed E-state index contributed by atoms with van der Waals surface area (Å²) in [5, 5.41) is 9.55. The molecule has 0 saturated carbocycles. The van der Waals surface area contributed by atoms with Crippen molar-refractivity contribution in [2.24, 2.45) is 0 Å². The van der Waals surface area contributed by atoms with Crippen molar-refractivity contribution in [3.8, 4) is 17.5 Å². The summed E-state index contributed by atoms with van der Waals surface area (Å²) in [4.78, 5) is 30.2. The lowest BCUT2D eigenvalue weighted by atomic mass is 10.2. The Hall–Kier alpha value is -3.92. The lowest BCUT2D eigenvalue weighted by Crippen LogP contribution is -2.26. The predicted octanol–water partition coefficient (Wildman–Crippen LogP) is 2.27. The van der Waals surface area contributed by atoms with Crippen LogP contribution in [-0.4, -0.2) is 20.6 Å². The Balaban J connectivity index is 2.12. The van der Waals surface area contributed by atoms with Gasteiger partial charge in [0.15, 0.2) is 5.65 Å². The fourth-order valence-corrected chi connectivity index (χ4v) is 2.99. The molecular formula is C20H14N4O3. The van der Waals surface area contributed by atoms with Crippen LogP contribution in [0.25, 0.3) is 22.4 Å². The van der Waals surface area contributed by atoms with Gasteiger partial charge in [0.2, 0.25) is 0 Å². The van der Waals surface area contributed by atoms with Gasteiger partial charge in [-0.1, -0.05) is 6.07 Å². The highest BCUT2D eigenvalue weighted by molar-refractivity contribution is 5.79. The van der Waals surface area contributed by atoms with Gasteiger partial charge < -0.3 is 4.74 Å². The third kappa shape index (κ3) is 2.64. The van der Waals surface area contributed by atoms with Gasteiger partial charge >= 0.3 is 0 Å². The summed E-state index contributed by atoms with van der Waals surface area (Å²) in [5.41, 5.74) is 0.134. The van der Waals surface area contributed by atoms with Crippen LogP contribution in [-0.2, 0) is 0 Å². The number of fused-ring (bicyclic) bond motifs is 2. The van der Waals surface area contributed by atoms with E-state index in [0.29, 0.717) is 23.7 Å². The average Bonchev–Trinajstić information content (AvgIpc) is 2.69. The SMILES string of the molecule is CCOc1ccc(-n2c(=O)c(C#N)cc3c(=O)n4ccccc4nc32)cc1. The molecule has 0 radical (unpaired) electrons. The lowest BCUT2D eigenvalue weighted by Gasteiger charge is -2.12. The molecule has 0 fully saturated rings. The molecule has 0 aliphatic rings. The molecule has 4 rings (SSSR count). The number of benzene rings is 1. The fraction of sp³-hybridized carbons (Fsp3) is 0.100. The van der Waals surface area contributed by atoms with Crippen molar-refractivity contribution in [1.29, 1.82) is 5.26 Å². The third-order valence-electron chi connectivity index (χ3n) is 4.21. The number of ether oxygens (including phenoxy) is 1. The van der Waals surface area contributed by atoms with Gasteiger partial charge in [0.05, 0.1) is 17.7 Å². The molecule has 7 nitrogen and oxygen atoms in total. The Morgan fingerprint density at radius 3 is 2.59 bits per heavy atom. The maximum atomic E-state index is 12.9. The van der Waals surface area contributed by atoms with Crippen molar-refractivity contribution in [3.63, 3.8) is 0 Å². The maximum absolute atomic E-state index is 12.9.